The third-order valence-electron chi connectivity index (χ3n) is 2.68. The van der Waals surface area contributed by atoms with Gasteiger partial charge in [-0.05, 0) is 12.1 Å². The molecule has 2 rings (SSSR count). The highest BCUT2D eigenvalue weighted by Gasteiger charge is 2.26. The summed E-state index contributed by atoms with van der Waals surface area (Å²) in [6.45, 7) is 1.76. The Labute approximate surface area is 93.6 Å². The van der Waals surface area contributed by atoms with Crippen molar-refractivity contribution in [3.63, 3.8) is 0 Å². The second-order valence-electron chi connectivity index (χ2n) is 3.51. The maximum Gasteiger partial charge on any atom is 0.123 e. The number of hydrogen-bond donors (Lipinski definition) is 1. The SMILES string of the molecule is COc1ccc(Cl)c(C#N)c1C1CNC1. The topological polar surface area (TPSA) is 45.0 Å². The minimum atomic E-state index is 0.341. The van der Waals surface area contributed by atoms with Crippen molar-refractivity contribution < 1.29 is 4.74 Å². The highest BCUT2D eigenvalue weighted by atomic mass is 35.5. The Morgan fingerprint density at radius 1 is 1.53 bits per heavy atom. The van der Waals surface area contributed by atoms with Crippen LogP contribution in [0.25, 0.3) is 0 Å². The van der Waals surface area contributed by atoms with Crippen LogP contribution in [0.15, 0.2) is 12.1 Å². The van der Waals surface area contributed by atoms with Gasteiger partial charge >= 0.3 is 0 Å². The first-order chi connectivity index (χ1) is 7.27. The molecule has 0 bridgehead atoms. The first-order valence-corrected chi connectivity index (χ1v) is 5.13. The monoisotopic (exact) mass is 222 g/mol. The van der Waals surface area contributed by atoms with Crippen LogP contribution < -0.4 is 10.1 Å². The maximum absolute atomic E-state index is 9.08. The lowest BCUT2D eigenvalue weighted by molar-refractivity contribution is 0.385. The summed E-state index contributed by atoms with van der Waals surface area (Å²) in [6, 6.07) is 5.67. The van der Waals surface area contributed by atoms with Crippen molar-refractivity contribution in [2.45, 2.75) is 5.92 Å². The van der Waals surface area contributed by atoms with Gasteiger partial charge in [0, 0.05) is 24.6 Å². The Balaban J connectivity index is 2.55. The lowest BCUT2D eigenvalue weighted by Gasteiger charge is -2.29. The molecule has 0 aromatic heterocycles. The number of benzene rings is 1. The predicted molar refractivity (Wildman–Crippen MR) is 58.3 cm³/mol. The van der Waals surface area contributed by atoms with Crippen LogP contribution in [-0.4, -0.2) is 20.2 Å². The summed E-state index contributed by atoms with van der Waals surface area (Å²) in [4.78, 5) is 0. The van der Waals surface area contributed by atoms with Gasteiger partial charge in [-0.25, -0.2) is 0 Å². The largest absolute Gasteiger partial charge is 0.496 e. The molecule has 0 spiro atoms. The predicted octanol–water partition coefficient (Wildman–Crippen LogP) is 1.91. The van der Waals surface area contributed by atoms with E-state index in [0.717, 1.165) is 24.4 Å². The van der Waals surface area contributed by atoms with Gasteiger partial charge in [-0.15, -0.1) is 0 Å². The number of methoxy groups -OCH3 is 1. The summed E-state index contributed by atoms with van der Waals surface area (Å²) in [6.07, 6.45) is 0. The number of ether oxygens (including phenoxy) is 1. The van der Waals surface area contributed by atoms with Crippen molar-refractivity contribution >= 4 is 11.6 Å². The average molecular weight is 223 g/mol. The van der Waals surface area contributed by atoms with Crippen LogP contribution in [0.5, 0.6) is 5.75 Å². The Bertz CT molecular complexity index is 421. The lowest BCUT2D eigenvalue weighted by atomic mass is 9.89. The molecule has 3 nitrogen and oxygen atoms in total. The molecule has 4 heteroatoms. The van der Waals surface area contributed by atoms with E-state index >= 15 is 0 Å². The van der Waals surface area contributed by atoms with Gasteiger partial charge in [-0.2, -0.15) is 5.26 Å². The molecule has 1 N–H and O–H groups in total. The summed E-state index contributed by atoms with van der Waals surface area (Å²) in [5.41, 5.74) is 1.48. The molecule has 1 saturated heterocycles. The highest BCUT2D eigenvalue weighted by Crippen LogP contribution is 2.35. The fraction of sp³-hybridized carbons (Fsp3) is 0.364. The van der Waals surface area contributed by atoms with Crippen molar-refractivity contribution in [1.29, 1.82) is 5.26 Å². The van der Waals surface area contributed by atoms with Gasteiger partial charge in [0.2, 0.25) is 0 Å². The number of halogens is 1. The molecule has 0 radical (unpaired) electrons. The Kier molecular flexibility index (Phi) is 2.81. The van der Waals surface area contributed by atoms with E-state index in [0.29, 0.717) is 16.5 Å². The standard InChI is InChI=1S/C11H11ClN2O/c1-15-10-3-2-9(12)8(4-13)11(10)7-5-14-6-7/h2-3,7,14H,5-6H2,1H3. The van der Waals surface area contributed by atoms with Crippen LogP contribution in [0.3, 0.4) is 0 Å². The van der Waals surface area contributed by atoms with E-state index < -0.39 is 0 Å². The van der Waals surface area contributed by atoms with E-state index in [1.54, 1.807) is 13.2 Å². The number of rotatable bonds is 2. The van der Waals surface area contributed by atoms with Crippen molar-refractivity contribution in [2.24, 2.45) is 0 Å². The van der Waals surface area contributed by atoms with Crippen molar-refractivity contribution in [2.75, 3.05) is 20.2 Å². The lowest BCUT2D eigenvalue weighted by Crippen LogP contribution is -2.40. The molecule has 1 aromatic carbocycles. The van der Waals surface area contributed by atoms with Crippen LogP contribution in [0.4, 0.5) is 0 Å². The summed E-state index contributed by atoms with van der Waals surface area (Å²) in [5, 5.41) is 12.8. The van der Waals surface area contributed by atoms with Crippen LogP contribution in [0, 0.1) is 11.3 Å². The van der Waals surface area contributed by atoms with Gasteiger partial charge < -0.3 is 10.1 Å². The molecular formula is C11H11ClN2O. The van der Waals surface area contributed by atoms with Gasteiger partial charge in [0.25, 0.3) is 0 Å². The zero-order valence-corrected chi connectivity index (χ0v) is 9.14. The average Bonchev–Trinajstić information content (AvgIpc) is 2.16. The van der Waals surface area contributed by atoms with Gasteiger partial charge in [-0.1, -0.05) is 11.6 Å². The minimum Gasteiger partial charge on any atom is -0.496 e. The molecule has 0 atom stereocenters. The van der Waals surface area contributed by atoms with E-state index in [-0.39, 0.29) is 0 Å². The number of nitrogens with one attached hydrogen (secondary N) is 1. The molecule has 0 unspecified atom stereocenters. The third kappa shape index (κ3) is 1.67. The Morgan fingerprint density at radius 3 is 2.73 bits per heavy atom. The van der Waals surface area contributed by atoms with Crippen LogP contribution >= 0.6 is 11.6 Å². The smallest absolute Gasteiger partial charge is 0.123 e. The van der Waals surface area contributed by atoms with Crippen molar-refractivity contribution in [1.82, 2.24) is 5.32 Å². The second-order valence-corrected chi connectivity index (χ2v) is 3.91. The normalized spacial score (nSPS) is 15.5. The van der Waals surface area contributed by atoms with Crippen molar-refractivity contribution in [3.05, 3.63) is 28.3 Å². The van der Waals surface area contributed by atoms with Crippen LogP contribution in [0.1, 0.15) is 17.0 Å². The summed E-state index contributed by atoms with van der Waals surface area (Å²) in [7, 11) is 1.61. The van der Waals surface area contributed by atoms with Gasteiger partial charge in [0.05, 0.1) is 17.7 Å². The van der Waals surface area contributed by atoms with Gasteiger partial charge in [-0.3, -0.25) is 0 Å². The zero-order chi connectivity index (χ0) is 10.8. The van der Waals surface area contributed by atoms with E-state index in [4.69, 9.17) is 21.6 Å². The van der Waals surface area contributed by atoms with Gasteiger partial charge in [0.15, 0.2) is 0 Å². The summed E-state index contributed by atoms with van der Waals surface area (Å²) >= 11 is 5.99. The molecule has 1 fully saturated rings. The summed E-state index contributed by atoms with van der Waals surface area (Å²) < 4.78 is 5.26. The fourth-order valence-corrected chi connectivity index (χ4v) is 1.97. The van der Waals surface area contributed by atoms with Crippen molar-refractivity contribution in [3.8, 4) is 11.8 Å². The maximum atomic E-state index is 9.08. The highest BCUT2D eigenvalue weighted by molar-refractivity contribution is 6.31. The van der Waals surface area contributed by atoms with E-state index in [1.165, 1.54) is 0 Å². The first kappa shape index (κ1) is 10.3. The van der Waals surface area contributed by atoms with Crippen LogP contribution in [0.2, 0.25) is 5.02 Å². The molecule has 1 aliphatic heterocycles. The zero-order valence-electron chi connectivity index (χ0n) is 8.38. The molecule has 1 aliphatic rings. The Hall–Kier alpha value is -1.24. The molecule has 78 valence electrons. The molecule has 1 aromatic rings. The minimum absolute atomic E-state index is 0.341. The number of hydrogen-bond acceptors (Lipinski definition) is 3. The number of nitrogens with zero attached hydrogens (tertiary/aromatic N) is 1. The van der Waals surface area contributed by atoms with Gasteiger partial charge in [0.1, 0.15) is 11.8 Å². The molecule has 1 heterocycles. The second kappa shape index (κ2) is 4.09. The van der Waals surface area contributed by atoms with E-state index in [1.807, 2.05) is 6.07 Å². The number of nitriles is 1. The molecule has 0 aliphatic carbocycles. The third-order valence-corrected chi connectivity index (χ3v) is 2.99. The fourth-order valence-electron chi connectivity index (χ4n) is 1.76. The van der Waals surface area contributed by atoms with E-state index in [9.17, 15) is 0 Å². The molecule has 0 amide bonds. The molecule has 15 heavy (non-hydrogen) atoms. The summed E-state index contributed by atoms with van der Waals surface area (Å²) in [5.74, 6) is 1.09. The first-order valence-electron chi connectivity index (χ1n) is 4.75. The van der Waals surface area contributed by atoms with Crippen LogP contribution in [-0.2, 0) is 0 Å². The molecule has 0 saturated carbocycles. The van der Waals surface area contributed by atoms with E-state index in [2.05, 4.69) is 11.4 Å². The molecular weight excluding hydrogens is 212 g/mol. The Morgan fingerprint density at radius 2 is 2.27 bits per heavy atom. The quantitative estimate of drug-likeness (QED) is 0.832.